The van der Waals surface area contributed by atoms with Crippen LogP contribution in [0.25, 0.3) is 11.5 Å². The predicted octanol–water partition coefficient (Wildman–Crippen LogP) is 5.50. The Bertz CT molecular complexity index is 1360. The molecule has 0 aliphatic rings. The lowest BCUT2D eigenvalue weighted by molar-refractivity contribution is 0.414. The number of methoxy groups -OCH3 is 1. The molecule has 0 saturated carbocycles. The van der Waals surface area contributed by atoms with Crippen molar-refractivity contribution in [3.8, 4) is 17.2 Å². The fraction of sp³-hybridized carbons (Fsp3) is 0.160. The molecule has 1 atom stereocenters. The fourth-order valence-electron chi connectivity index (χ4n) is 3.51. The molecular formula is C25H23BrN2O4S. The van der Waals surface area contributed by atoms with Crippen LogP contribution in [-0.2, 0) is 16.3 Å². The van der Waals surface area contributed by atoms with E-state index in [2.05, 4.69) is 20.9 Å². The highest BCUT2D eigenvalue weighted by atomic mass is 79.9. The zero-order valence-electron chi connectivity index (χ0n) is 18.2. The predicted molar refractivity (Wildman–Crippen MR) is 130 cm³/mol. The molecule has 0 spiro atoms. The molecule has 0 aliphatic heterocycles. The largest absolute Gasteiger partial charge is 0.497 e. The average Bonchev–Trinajstić information content (AvgIpc) is 3.26. The van der Waals surface area contributed by atoms with Gasteiger partial charge in [-0.3, -0.25) is 0 Å². The topological polar surface area (TPSA) is 95.4 Å². The Morgan fingerprint density at radius 3 is 2.33 bits per heavy atom. The lowest BCUT2D eigenvalue weighted by Crippen LogP contribution is -2.16. The number of rotatable bonds is 7. The van der Waals surface area contributed by atoms with Gasteiger partial charge in [-0.05, 0) is 66.9 Å². The SMILES string of the molecule is COc1ccc(CC(N)c2oc(-c3ccccc3C)nc2S(=O)(=O)c2ccc(Br)cc2)cc1. The van der Waals surface area contributed by atoms with Gasteiger partial charge in [-0.25, -0.2) is 8.42 Å². The van der Waals surface area contributed by atoms with Gasteiger partial charge in [-0.1, -0.05) is 46.3 Å². The summed E-state index contributed by atoms with van der Waals surface area (Å²) in [4.78, 5) is 4.55. The Kier molecular flexibility index (Phi) is 6.69. The maximum absolute atomic E-state index is 13.5. The number of ether oxygens (including phenoxy) is 1. The van der Waals surface area contributed by atoms with Crippen LogP contribution in [-0.4, -0.2) is 20.5 Å². The lowest BCUT2D eigenvalue weighted by atomic mass is 10.1. The second kappa shape index (κ2) is 9.51. The van der Waals surface area contributed by atoms with E-state index in [-0.39, 0.29) is 21.6 Å². The van der Waals surface area contributed by atoms with Crippen molar-refractivity contribution in [1.29, 1.82) is 0 Å². The van der Waals surface area contributed by atoms with Crippen LogP contribution in [0, 0.1) is 6.92 Å². The minimum absolute atomic E-state index is 0.119. The van der Waals surface area contributed by atoms with E-state index in [0.717, 1.165) is 21.3 Å². The summed E-state index contributed by atoms with van der Waals surface area (Å²) in [6.45, 7) is 1.92. The Balaban J connectivity index is 1.80. The van der Waals surface area contributed by atoms with Crippen LogP contribution in [0.2, 0.25) is 0 Å². The average molecular weight is 527 g/mol. The van der Waals surface area contributed by atoms with Crippen LogP contribution in [0.15, 0.2) is 91.6 Å². The highest BCUT2D eigenvalue weighted by molar-refractivity contribution is 9.10. The van der Waals surface area contributed by atoms with Gasteiger partial charge in [-0.15, -0.1) is 0 Å². The third-order valence-corrected chi connectivity index (χ3v) is 7.55. The fourth-order valence-corrected chi connectivity index (χ4v) is 5.15. The summed E-state index contributed by atoms with van der Waals surface area (Å²) in [7, 11) is -2.36. The van der Waals surface area contributed by atoms with Crippen molar-refractivity contribution < 1.29 is 17.6 Å². The van der Waals surface area contributed by atoms with Crippen molar-refractivity contribution in [1.82, 2.24) is 4.98 Å². The molecule has 0 bridgehead atoms. The van der Waals surface area contributed by atoms with Crippen molar-refractivity contribution in [2.75, 3.05) is 7.11 Å². The molecule has 0 amide bonds. The molecule has 6 nitrogen and oxygen atoms in total. The molecular weight excluding hydrogens is 504 g/mol. The zero-order chi connectivity index (χ0) is 23.6. The molecule has 1 heterocycles. The van der Waals surface area contributed by atoms with E-state index < -0.39 is 15.9 Å². The van der Waals surface area contributed by atoms with Crippen molar-refractivity contribution in [2.24, 2.45) is 5.73 Å². The number of aromatic nitrogens is 1. The number of hydrogen-bond acceptors (Lipinski definition) is 6. The molecule has 0 radical (unpaired) electrons. The van der Waals surface area contributed by atoms with E-state index in [9.17, 15) is 8.42 Å². The van der Waals surface area contributed by atoms with Crippen LogP contribution in [0.1, 0.15) is 22.9 Å². The standard InChI is InChI=1S/C25H23BrN2O4S/c1-16-5-3-4-6-21(16)24-28-25(33(29,30)20-13-9-18(26)10-14-20)23(32-24)22(27)15-17-7-11-19(31-2)12-8-17/h3-14,22H,15,27H2,1-2H3. The summed E-state index contributed by atoms with van der Waals surface area (Å²) in [5, 5.41) is -0.163. The minimum Gasteiger partial charge on any atom is -0.497 e. The molecule has 3 aromatic carbocycles. The highest BCUT2D eigenvalue weighted by Gasteiger charge is 2.31. The van der Waals surface area contributed by atoms with Crippen LogP contribution in [0.5, 0.6) is 5.75 Å². The molecule has 1 aromatic heterocycles. The van der Waals surface area contributed by atoms with Crippen molar-refractivity contribution in [2.45, 2.75) is 29.3 Å². The second-order valence-corrected chi connectivity index (χ2v) is 10.4. The smallest absolute Gasteiger partial charge is 0.227 e. The number of nitrogens with zero attached hydrogens (tertiary/aromatic N) is 1. The van der Waals surface area contributed by atoms with Crippen molar-refractivity contribution in [3.63, 3.8) is 0 Å². The van der Waals surface area contributed by atoms with Gasteiger partial charge in [0.2, 0.25) is 20.8 Å². The van der Waals surface area contributed by atoms with Crippen LogP contribution < -0.4 is 10.5 Å². The molecule has 170 valence electrons. The first kappa shape index (κ1) is 23.2. The van der Waals surface area contributed by atoms with E-state index in [0.29, 0.717) is 12.0 Å². The maximum Gasteiger partial charge on any atom is 0.227 e. The molecule has 8 heteroatoms. The maximum atomic E-state index is 13.5. The van der Waals surface area contributed by atoms with Gasteiger partial charge < -0.3 is 14.9 Å². The zero-order valence-corrected chi connectivity index (χ0v) is 20.6. The van der Waals surface area contributed by atoms with Crippen molar-refractivity contribution in [3.05, 3.63) is 94.2 Å². The van der Waals surface area contributed by atoms with Gasteiger partial charge in [0, 0.05) is 10.0 Å². The Morgan fingerprint density at radius 1 is 1.03 bits per heavy atom. The molecule has 33 heavy (non-hydrogen) atoms. The van der Waals surface area contributed by atoms with E-state index in [4.69, 9.17) is 14.9 Å². The summed E-state index contributed by atoms with van der Waals surface area (Å²) in [6.07, 6.45) is 0.370. The Labute approximate surface area is 201 Å². The molecule has 0 aliphatic carbocycles. The molecule has 0 fully saturated rings. The van der Waals surface area contributed by atoms with Crippen LogP contribution in [0.3, 0.4) is 0 Å². The first-order chi connectivity index (χ1) is 15.8. The first-order valence-corrected chi connectivity index (χ1v) is 12.5. The molecule has 4 rings (SSSR count). The van der Waals surface area contributed by atoms with Crippen molar-refractivity contribution >= 4 is 25.8 Å². The minimum atomic E-state index is -3.96. The van der Waals surface area contributed by atoms with E-state index in [1.165, 1.54) is 12.1 Å². The van der Waals surface area contributed by atoms with E-state index in [1.54, 1.807) is 19.2 Å². The summed E-state index contributed by atoms with van der Waals surface area (Å²) in [5.74, 6) is 1.09. The molecule has 4 aromatic rings. The number of aryl methyl sites for hydroxylation is 1. The van der Waals surface area contributed by atoms with Gasteiger partial charge in [0.25, 0.3) is 0 Å². The van der Waals surface area contributed by atoms with Gasteiger partial charge in [0.05, 0.1) is 18.0 Å². The first-order valence-electron chi connectivity index (χ1n) is 10.3. The van der Waals surface area contributed by atoms with Gasteiger partial charge in [0.1, 0.15) is 5.75 Å². The van der Waals surface area contributed by atoms with Gasteiger partial charge in [-0.2, -0.15) is 4.98 Å². The van der Waals surface area contributed by atoms with Crippen LogP contribution in [0.4, 0.5) is 0 Å². The highest BCUT2D eigenvalue weighted by Crippen LogP contribution is 2.34. The number of oxazole rings is 1. The summed E-state index contributed by atoms with van der Waals surface area (Å²) >= 11 is 3.34. The third kappa shape index (κ3) is 4.88. The number of hydrogen-bond donors (Lipinski definition) is 1. The quantitative estimate of drug-likeness (QED) is 0.341. The molecule has 0 saturated heterocycles. The second-order valence-electron chi connectivity index (χ2n) is 7.62. The number of halogens is 1. The van der Waals surface area contributed by atoms with E-state index in [1.807, 2.05) is 55.5 Å². The number of sulfone groups is 1. The Morgan fingerprint density at radius 2 is 1.70 bits per heavy atom. The van der Waals surface area contributed by atoms with Gasteiger partial charge >= 0.3 is 0 Å². The molecule has 2 N–H and O–H groups in total. The summed E-state index contributed by atoms with van der Waals surface area (Å²) < 4.78 is 39.1. The third-order valence-electron chi connectivity index (χ3n) is 5.33. The van der Waals surface area contributed by atoms with Crippen LogP contribution >= 0.6 is 15.9 Å². The summed E-state index contributed by atoms with van der Waals surface area (Å²) in [5.41, 5.74) is 9.04. The van der Waals surface area contributed by atoms with Gasteiger partial charge in [0.15, 0.2) is 5.76 Å². The number of benzene rings is 3. The monoisotopic (exact) mass is 526 g/mol. The summed E-state index contributed by atoms with van der Waals surface area (Å²) in [6, 6.07) is 20.6. The molecule has 1 unspecified atom stereocenters. The normalized spacial score (nSPS) is 12.5. The Hall–Kier alpha value is -2.94. The lowest BCUT2D eigenvalue weighted by Gasteiger charge is -2.11. The van der Waals surface area contributed by atoms with E-state index >= 15 is 0 Å². The number of nitrogens with two attached hydrogens (primary N) is 1.